The van der Waals surface area contributed by atoms with Crippen molar-refractivity contribution in [2.24, 2.45) is 0 Å². The normalized spacial score (nSPS) is 11.3. The van der Waals surface area contributed by atoms with Crippen LogP contribution in [0.4, 0.5) is 0 Å². The molecular formula is C43H27N5O. The minimum absolute atomic E-state index is 0.585. The first-order valence-corrected chi connectivity index (χ1v) is 16.1. The zero-order valence-electron chi connectivity index (χ0n) is 26.2. The predicted molar refractivity (Wildman–Crippen MR) is 195 cm³/mol. The van der Waals surface area contributed by atoms with Gasteiger partial charge in [-0.25, -0.2) is 15.0 Å². The predicted octanol–water partition coefficient (Wildman–Crippen LogP) is 10.6. The molecule has 3 aromatic heterocycles. The summed E-state index contributed by atoms with van der Waals surface area (Å²) in [7, 11) is 0. The van der Waals surface area contributed by atoms with Gasteiger partial charge in [-0.3, -0.25) is 0 Å². The number of rotatable bonds is 6. The third kappa shape index (κ3) is 5.41. The molecule has 0 atom stereocenters. The number of hydrogen-bond donors (Lipinski definition) is 0. The summed E-state index contributed by atoms with van der Waals surface area (Å²) in [5.41, 5.74) is 9.96. The van der Waals surface area contributed by atoms with Crippen LogP contribution in [0.15, 0.2) is 168 Å². The molecule has 0 amide bonds. The molecule has 9 aromatic rings. The fraction of sp³-hybridized carbons (Fsp3) is 0. The standard InChI is InChI=1S/C43H27N5O/c1-4-12-29(13-5-1)37-24-25-38(48-47-37)30-22-20-28(21-23-30)34-27-40-35(33-18-10-11-19-39(33)49-40)26-36(34)43-45-41(31-14-6-2-7-15-31)44-42(46-43)32-16-8-3-9-17-32/h1-27H. The van der Waals surface area contributed by atoms with Crippen molar-refractivity contribution in [2.45, 2.75) is 0 Å². The van der Waals surface area contributed by atoms with Gasteiger partial charge in [0.25, 0.3) is 0 Å². The van der Waals surface area contributed by atoms with Gasteiger partial charge in [-0.15, -0.1) is 10.2 Å². The van der Waals surface area contributed by atoms with Gasteiger partial charge in [-0.2, -0.15) is 0 Å². The lowest BCUT2D eigenvalue weighted by molar-refractivity contribution is 0.669. The lowest BCUT2D eigenvalue weighted by atomic mass is 9.95. The van der Waals surface area contributed by atoms with E-state index in [1.165, 1.54) is 0 Å². The Kier molecular flexibility index (Phi) is 7.02. The van der Waals surface area contributed by atoms with Gasteiger partial charge in [0.2, 0.25) is 0 Å². The van der Waals surface area contributed by atoms with E-state index >= 15 is 0 Å². The molecule has 0 saturated carbocycles. The molecule has 0 aliphatic carbocycles. The first-order valence-electron chi connectivity index (χ1n) is 16.1. The van der Waals surface area contributed by atoms with Crippen molar-refractivity contribution in [3.8, 4) is 67.8 Å². The molecule has 6 aromatic carbocycles. The van der Waals surface area contributed by atoms with Crippen LogP contribution in [-0.2, 0) is 0 Å². The van der Waals surface area contributed by atoms with Crippen LogP contribution >= 0.6 is 0 Å². The Morgan fingerprint density at radius 1 is 0.327 bits per heavy atom. The second-order valence-corrected chi connectivity index (χ2v) is 11.8. The summed E-state index contributed by atoms with van der Waals surface area (Å²) in [4.78, 5) is 15.1. The van der Waals surface area contributed by atoms with E-state index in [2.05, 4.69) is 52.7 Å². The molecule has 230 valence electrons. The Morgan fingerprint density at radius 3 is 1.41 bits per heavy atom. The van der Waals surface area contributed by atoms with E-state index in [0.717, 1.165) is 72.3 Å². The van der Waals surface area contributed by atoms with Crippen molar-refractivity contribution in [2.75, 3.05) is 0 Å². The highest BCUT2D eigenvalue weighted by Gasteiger charge is 2.19. The van der Waals surface area contributed by atoms with Crippen molar-refractivity contribution in [3.05, 3.63) is 164 Å². The number of nitrogens with zero attached hydrogens (tertiary/aromatic N) is 5. The van der Waals surface area contributed by atoms with Gasteiger partial charge < -0.3 is 4.42 Å². The number of furan rings is 1. The Balaban J connectivity index is 1.20. The molecule has 0 saturated heterocycles. The van der Waals surface area contributed by atoms with E-state index in [-0.39, 0.29) is 0 Å². The number of aromatic nitrogens is 5. The molecule has 0 aliphatic heterocycles. The molecule has 9 rings (SSSR count). The molecule has 0 spiro atoms. The molecule has 6 heteroatoms. The van der Waals surface area contributed by atoms with Crippen molar-refractivity contribution >= 4 is 21.9 Å². The molecule has 0 unspecified atom stereocenters. The minimum atomic E-state index is 0.585. The number of hydrogen-bond acceptors (Lipinski definition) is 6. The third-order valence-corrected chi connectivity index (χ3v) is 8.68. The molecule has 3 heterocycles. The minimum Gasteiger partial charge on any atom is -0.456 e. The lowest BCUT2D eigenvalue weighted by Gasteiger charge is -2.13. The van der Waals surface area contributed by atoms with Crippen LogP contribution in [0.2, 0.25) is 0 Å². The van der Waals surface area contributed by atoms with Gasteiger partial charge >= 0.3 is 0 Å². The van der Waals surface area contributed by atoms with Crippen LogP contribution in [0.5, 0.6) is 0 Å². The highest BCUT2D eigenvalue weighted by atomic mass is 16.3. The average molecular weight is 630 g/mol. The summed E-state index contributed by atoms with van der Waals surface area (Å²) in [5, 5.41) is 11.1. The van der Waals surface area contributed by atoms with Gasteiger partial charge in [0.15, 0.2) is 17.5 Å². The van der Waals surface area contributed by atoms with Crippen molar-refractivity contribution in [1.29, 1.82) is 0 Å². The van der Waals surface area contributed by atoms with Crippen LogP contribution in [0, 0.1) is 0 Å². The summed E-state index contributed by atoms with van der Waals surface area (Å²) < 4.78 is 6.36. The van der Waals surface area contributed by atoms with Crippen LogP contribution < -0.4 is 0 Å². The van der Waals surface area contributed by atoms with E-state index in [0.29, 0.717) is 17.5 Å². The topological polar surface area (TPSA) is 77.6 Å². The van der Waals surface area contributed by atoms with E-state index in [1.54, 1.807) is 0 Å². The fourth-order valence-electron chi connectivity index (χ4n) is 6.19. The molecule has 0 bridgehead atoms. The second-order valence-electron chi connectivity index (χ2n) is 11.8. The van der Waals surface area contributed by atoms with Crippen LogP contribution in [0.3, 0.4) is 0 Å². The summed E-state index contributed by atoms with van der Waals surface area (Å²) in [6, 6.07) is 54.9. The largest absolute Gasteiger partial charge is 0.456 e. The lowest BCUT2D eigenvalue weighted by Crippen LogP contribution is -2.01. The molecule has 49 heavy (non-hydrogen) atoms. The summed E-state index contributed by atoms with van der Waals surface area (Å²) >= 11 is 0. The van der Waals surface area contributed by atoms with E-state index in [1.807, 2.05) is 121 Å². The number of benzene rings is 6. The summed E-state index contributed by atoms with van der Waals surface area (Å²) in [6.45, 7) is 0. The maximum absolute atomic E-state index is 6.36. The molecule has 6 nitrogen and oxygen atoms in total. The van der Waals surface area contributed by atoms with Crippen molar-refractivity contribution in [3.63, 3.8) is 0 Å². The first-order chi connectivity index (χ1) is 24.3. The zero-order valence-corrected chi connectivity index (χ0v) is 26.2. The molecule has 0 fully saturated rings. The quantitative estimate of drug-likeness (QED) is 0.182. The zero-order chi connectivity index (χ0) is 32.6. The van der Waals surface area contributed by atoms with Crippen LogP contribution in [0.1, 0.15) is 0 Å². The van der Waals surface area contributed by atoms with E-state index in [9.17, 15) is 0 Å². The Hall–Kier alpha value is -6.79. The van der Waals surface area contributed by atoms with Gasteiger partial charge in [0.05, 0.1) is 11.4 Å². The summed E-state index contributed by atoms with van der Waals surface area (Å²) in [5.74, 6) is 1.81. The Labute approximate surface area is 282 Å². The number of para-hydroxylation sites is 1. The SMILES string of the molecule is c1ccc(-c2ccc(-c3ccc(-c4cc5oc6ccccc6c5cc4-c4nc(-c5ccccc5)nc(-c5ccccc5)n4)cc3)nn2)cc1. The highest BCUT2D eigenvalue weighted by molar-refractivity contribution is 6.08. The summed E-state index contributed by atoms with van der Waals surface area (Å²) in [6.07, 6.45) is 0. The van der Waals surface area contributed by atoms with Gasteiger partial charge in [-0.1, -0.05) is 133 Å². The van der Waals surface area contributed by atoms with Crippen molar-refractivity contribution < 1.29 is 4.42 Å². The molecule has 0 aliphatic rings. The van der Waals surface area contributed by atoms with E-state index < -0.39 is 0 Å². The number of fused-ring (bicyclic) bond motifs is 3. The average Bonchev–Trinajstić information content (AvgIpc) is 3.56. The molecule has 0 N–H and O–H groups in total. The van der Waals surface area contributed by atoms with Gasteiger partial charge in [0.1, 0.15) is 11.2 Å². The molecule has 0 radical (unpaired) electrons. The Morgan fingerprint density at radius 2 is 0.816 bits per heavy atom. The van der Waals surface area contributed by atoms with Crippen LogP contribution in [-0.4, -0.2) is 25.1 Å². The third-order valence-electron chi connectivity index (χ3n) is 8.68. The second kappa shape index (κ2) is 12.1. The van der Waals surface area contributed by atoms with Gasteiger partial charge in [0, 0.05) is 38.6 Å². The fourth-order valence-corrected chi connectivity index (χ4v) is 6.19. The van der Waals surface area contributed by atoms with E-state index in [4.69, 9.17) is 19.4 Å². The van der Waals surface area contributed by atoms with Crippen LogP contribution in [0.25, 0.3) is 89.7 Å². The highest BCUT2D eigenvalue weighted by Crippen LogP contribution is 2.39. The van der Waals surface area contributed by atoms with Gasteiger partial charge in [-0.05, 0) is 41.5 Å². The molecular weight excluding hydrogens is 603 g/mol. The Bertz CT molecular complexity index is 2510. The van der Waals surface area contributed by atoms with Crippen molar-refractivity contribution in [1.82, 2.24) is 25.1 Å². The first kappa shape index (κ1) is 28.4. The maximum Gasteiger partial charge on any atom is 0.164 e. The maximum atomic E-state index is 6.36. The smallest absolute Gasteiger partial charge is 0.164 e. The monoisotopic (exact) mass is 629 g/mol.